The van der Waals surface area contributed by atoms with E-state index < -0.39 is 12.0 Å². The van der Waals surface area contributed by atoms with Crippen molar-refractivity contribution >= 4 is 12.0 Å². The number of carboxylic acids is 1. The fourth-order valence-electron chi connectivity index (χ4n) is 1.96. The van der Waals surface area contributed by atoms with Gasteiger partial charge in [0.15, 0.2) is 0 Å². The molecule has 2 unspecified atom stereocenters. The van der Waals surface area contributed by atoms with Gasteiger partial charge in [0.05, 0.1) is 0 Å². The van der Waals surface area contributed by atoms with E-state index in [-0.39, 0.29) is 18.4 Å². The monoisotopic (exact) mass is 215 g/mol. The van der Waals surface area contributed by atoms with Crippen molar-refractivity contribution < 1.29 is 14.7 Å². The summed E-state index contributed by atoms with van der Waals surface area (Å²) in [7, 11) is 0. The highest BCUT2D eigenvalue weighted by Crippen LogP contribution is 2.20. The molecule has 0 bridgehead atoms. The van der Waals surface area contributed by atoms with Crippen LogP contribution in [0, 0.1) is 5.92 Å². The third-order valence-corrected chi connectivity index (χ3v) is 2.65. The lowest BCUT2D eigenvalue weighted by atomic mass is 9.91. The molecule has 6 heteroatoms. The van der Waals surface area contributed by atoms with Crippen LogP contribution in [0.15, 0.2) is 0 Å². The molecule has 0 aromatic carbocycles. The fraction of sp³-hybridized carbons (Fsp3) is 0.778. The molecule has 1 aliphatic heterocycles. The standard InChI is InChI=1S/C9H17N3O3/c10-7-3-6(1-2-8(13)14)4-12(5-7)9(11)15/h6-7H,1-5,10H2,(H2,11,15)(H,13,14). The summed E-state index contributed by atoms with van der Waals surface area (Å²) in [6.07, 6.45) is 1.42. The lowest BCUT2D eigenvalue weighted by Crippen LogP contribution is -2.51. The van der Waals surface area contributed by atoms with Crippen molar-refractivity contribution in [3.63, 3.8) is 0 Å². The zero-order chi connectivity index (χ0) is 11.4. The minimum atomic E-state index is -0.820. The molecule has 6 nitrogen and oxygen atoms in total. The van der Waals surface area contributed by atoms with Gasteiger partial charge in [0.1, 0.15) is 0 Å². The smallest absolute Gasteiger partial charge is 0.314 e. The number of piperidine rings is 1. The molecule has 0 aliphatic carbocycles. The van der Waals surface area contributed by atoms with Crippen molar-refractivity contribution in [2.24, 2.45) is 17.4 Å². The summed E-state index contributed by atoms with van der Waals surface area (Å²) in [5.41, 5.74) is 10.9. The third-order valence-electron chi connectivity index (χ3n) is 2.65. The Morgan fingerprint density at radius 3 is 2.60 bits per heavy atom. The molecule has 5 N–H and O–H groups in total. The van der Waals surface area contributed by atoms with Gasteiger partial charge in [0.25, 0.3) is 0 Å². The second kappa shape index (κ2) is 4.97. The molecule has 1 rings (SSSR count). The average molecular weight is 215 g/mol. The number of nitrogens with two attached hydrogens (primary N) is 2. The van der Waals surface area contributed by atoms with Gasteiger partial charge >= 0.3 is 12.0 Å². The molecule has 1 saturated heterocycles. The number of amides is 2. The number of urea groups is 1. The average Bonchev–Trinajstić information content (AvgIpc) is 2.13. The fourth-order valence-corrected chi connectivity index (χ4v) is 1.96. The van der Waals surface area contributed by atoms with Gasteiger partial charge in [-0.05, 0) is 18.8 Å². The first kappa shape index (κ1) is 11.8. The summed E-state index contributed by atoms with van der Waals surface area (Å²) >= 11 is 0. The third kappa shape index (κ3) is 3.75. The molecule has 15 heavy (non-hydrogen) atoms. The maximum absolute atomic E-state index is 11.0. The predicted octanol–water partition coefficient (Wildman–Crippen LogP) is -0.421. The number of hydrogen-bond acceptors (Lipinski definition) is 3. The topological polar surface area (TPSA) is 110 Å². The van der Waals surface area contributed by atoms with Crippen LogP contribution in [0.5, 0.6) is 0 Å². The maximum Gasteiger partial charge on any atom is 0.314 e. The van der Waals surface area contributed by atoms with E-state index >= 15 is 0 Å². The van der Waals surface area contributed by atoms with E-state index in [0.717, 1.165) is 6.42 Å². The van der Waals surface area contributed by atoms with Gasteiger partial charge in [-0.25, -0.2) is 4.79 Å². The number of likely N-dealkylation sites (tertiary alicyclic amines) is 1. The van der Waals surface area contributed by atoms with Crippen LogP contribution in [-0.4, -0.2) is 41.1 Å². The number of carbonyl (C=O) groups is 2. The van der Waals surface area contributed by atoms with Crippen LogP contribution in [0.25, 0.3) is 0 Å². The molecule has 1 fully saturated rings. The summed E-state index contributed by atoms with van der Waals surface area (Å²) in [5, 5.41) is 8.55. The molecule has 1 aliphatic rings. The van der Waals surface area contributed by atoms with Crippen molar-refractivity contribution in [3.05, 3.63) is 0 Å². The maximum atomic E-state index is 11.0. The molecule has 1 heterocycles. The number of nitrogens with zero attached hydrogens (tertiary/aromatic N) is 1. The van der Waals surface area contributed by atoms with Crippen LogP contribution in [0.4, 0.5) is 4.79 Å². The quantitative estimate of drug-likeness (QED) is 0.593. The zero-order valence-electron chi connectivity index (χ0n) is 8.56. The van der Waals surface area contributed by atoms with Gasteiger partial charge in [0, 0.05) is 25.6 Å². The van der Waals surface area contributed by atoms with E-state index in [1.807, 2.05) is 0 Å². The Hall–Kier alpha value is -1.30. The zero-order valence-corrected chi connectivity index (χ0v) is 8.56. The van der Waals surface area contributed by atoms with E-state index in [2.05, 4.69) is 0 Å². The molecule has 0 aromatic heterocycles. The van der Waals surface area contributed by atoms with E-state index in [4.69, 9.17) is 16.6 Å². The van der Waals surface area contributed by atoms with E-state index in [0.29, 0.717) is 19.5 Å². The summed E-state index contributed by atoms with van der Waals surface area (Å²) < 4.78 is 0. The van der Waals surface area contributed by atoms with Crippen molar-refractivity contribution in [2.45, 2.75) is 25.3 Å². The molecule has 2 amide bonds. The molecule has 2 atom stereocenters. The summed E-state index contributed by atoms with van der Waals surface area (Å²) in [5.74, 6) is -0.669. The SMILES string of the molecule is NC(=O)N1CC(N)CC(CCC(=O)O)C1. The Labute approximate surface area is 88.2 Å². The number of primary amides is 1. The lowest BCUT2D eigenvalue weighted by Gasteiger charge is -2.35. The van der Waals surface area contributed by atoms with E-state index in [1.165, 1.54) is 4.90 Å². The van der Waals surface area contributed by atoms with Crippen LogP contribution in [0.3, 0.4) is 0 Å². The van der Waals surface area contributed by atoms with Crippen molar-refractivity contribution in [1.29, 1.82) is 0 Å². The summed E-state index contributed by atoms with van der Waals surface area (Å²) in [6.45, 7) is 0.995. The molecule has 0 aromatic rings. The van der Waals surface area contributed by atoms with Crippen molar-refractivity contribution in [2.75, 3.05) is 13.1 Å². The molecule has 0 spiro atoms. The second-order valence-corrected chi connectivity index (χ2v) is 4.04. The Kier molecular flexibility index (Phi) is 3.90. The normalized spacial score (nSPS) is 26.3. The Bertz CT molecular complexity index is 257. The molecule has 0 radical (unpaired) electrons. The number of carbonyl (C=O) groups excluding carboxylic acids is 1. The summed E-state index contributed by atoms with van der Waals surface area (Å²) in [6, 6.07) is -0.574. The van der Waals surface area contributed by atoms with Gasteiger partial charge in [-0.3, -0.25) is 4.79 Å². The van der Waals surface area contributed by atoms with E-state index in [9.17, 15) is 9.59 Å². The van der Waals surface area contributed by atoms with Crippen molar-refractivity contribution in [1.82, 2.24) is 4.90 Å². The lowest BCUT2D eigenvalue weighted by molar-refractivity contribution is -0.137. The first-order valence-electron chi connectivity index (χ1n) is 5.00. The Morgan fingerprint density at radius 1 is 1.40 bits per heavy atom. The van der Waals surface area contributed by atoms with Gasteiger partial charge in [-0.15, -0.1) is 0 Å². The van der Waals surface area contributed by atoms with Gasteiger partial charge in [-0.1, -0.05) is 0 Å². The number of hydrogen-bond donors (Lipinski definition) is 3. The highest BCUT2D eigenvalue weighted by atomic mass is 16.4. The highest BCUT2D eigenvalue weighted by molar-refractivity contribution is 5.72. The number of carboxylic acid groups (broad SMARTS) is 1. The van der Waals surface area contributed by atoms with Crippen LogP contribution >= 0.6 is 0 Å². The van der Waals surface area contributed by atoms with Gasteiger partial charge in [-0.2, -0.15) is 0 Å². The Balaban J connectivity index is 2.44. The van der Waals surface area contributed by atoms with Crippen LogP contribution in [-0.2, 0) is 4.79 Å². The first-order valence-corrected chi connectivity index (χ1v) is 5.00. The van der Waals surface area contributed by atoms with E-state index in [1.54, 1.807) is 0 Å². The number of aliphatic carboxylic acids is 1. The molecular formula is C9H17N3O3. The minimum absolute atomic E-state index is 0.0926. The predicted molar refractivity (Wildman–Crippen MR) is 54.1 cm³/mol. The molecule has 0 saturated carbocycles. The van der Waals surface area contributed by atoms with Crippen LogP contribution < -0.4 is 11.5 Å². The van der Waals surface area contributed by atoms with Gasteiger partial charge < -0.3 is 21.5 Å². The van der Waals surface area contributed by atoms with Crippen LogP contribution in [0.2, 0.25) is 0 Å². The number of rotatable bonds is 3. The first-order chi connectivity index (χ1) is 6.99. The second-order valence-electron chi connectivity index (χ2n) is 4.04. The largest absolute Gasteiger partial charge is 0.481 e. The molecule has 86 valence electrons. The summed E-state index contributed by atoms with van der Waals surface area (Å²) in [4.78, 5) is 22.8. The molecular weight excluding hydrogens is 198 g/mol. The Morgan fingerprint density at radius 2 is 2.07 bits per heavy atom. The van der Waals surface area contributed by atoms with Crippen molar-refractivity contribution in [3.8, 4) is 0 Å². The van der Waals surface area contributed by atoms with Crippen LogP contribution in [0.1, 0.15) is 19.3 Å². The minimum Gasteiger partial charge on any atom is -0.481 e. The highest BCUT2D eigenvalue weighted by Gasteiger charge is 2.27. The van der Waals surface area contributed by atoms with Gasteiger partial charge in [0.2, 0.25) is 0 Å².